The second-order valence-electron chi connectivity index (χ2n) is 2.73. The summed E-state index contributed by atoms with van der Waals surface area (Å²) in [6.45, 7) is 0. The number of aromatic nitrogens is 1. The number of carbonyl (C=O) groups is 1. The van der Waals surface area contributed by atoms with Crippen LogP contribution in [0, 0.1) is 5.92 Å². The van der Waals surface area contributed by atoms with Gasteiger partial charge in [0.25, 0.3) is 0 Å². The van der Waals surface area contributed by atoms with E-state index in [1.807, 2.05) is 5.51 Å². The second-order valence-corrected chi connectivity index (χ2v) is 3.67. The molecule has 1 amide bonds. The molecule has 0 fully saturated rings. The zero-order valence-electron chi connectivity index (χ0n) is 5.91. The lowest BCUT2D eigenvalue weighted by Crippen LogP contribution is -2.23. The van der Waals surface area contributed by atoms with Crippen LogP contribution in [0.4, 0.5) is 0 Å². The third kappa shape index (κ3) is 1.03. The van der Waals surface area contributed by atoms with Crippen molar-refractivity contribution in [3.05, 3.63) is 16.1 Å². The standard InChI is InChI=1S/C7H8N2OS/c8-7(10)4-1-5-6(2-4)11-3-9-5/h3-4H,1-2H2,(H2,8,10). The number of rotatable bonds is 1. The number of fused-ring (bicyclic) bond motifs is 1. The van der Waals surface area contributed by atoms with Gasteiger partial charge in [0.1, 0.15) is 0 Å². The molecule has 2 N–H and O–H groups in total. The van der Waals surface area contributed by atoms with Crippen molar-refractivity contribution in [1.82, 2.24) is 4.98 Å². The summed E-state index contributed by atoms with van der Waals surface area (Å²) in [6.07, 6.45) is 1.55. The number of amides is 1. The number of primary amides is 1. The van der Waals surface area contributed by atoms with Crippen LogP contribution in [0.3, 0.4) is 0 Å². The molecule has 1 aliphatic carbocycles. The zero-order valence-corrected chi connectivity index (χ0v) is 6.73. The number of nitrogens with two attached hydrogens (primary N) is 1. The summed E-state index contributed by atoms with van der Waals surface area (Å²) in [5.74, 6) is -0.194. The van der Waals surface area contributed by atoms with Crippen LogP contribution in [0.15, 0.2) is 5.51 Å². The third-order valence-electron chi connectivity index (χ3n) is 2.00. The normalized spacial score (nSPS) is 21.6. The molecular formula is C7H8N2OS. The van der Waals surface area contributed by atoms with E-state index in [-0.39, 0.29) is 11.8 Å². The third-order valence-corrected chi connectivity index (χ3v) is 2.90. The van der Waals surface area contributed by atoms with Crippen LogP contribution in [0.1, 0.15) is 10.6 Å². The van der Waals surface area contributed by atoms with Gasteiger partial charge in [-0.2, -0.15) is 0 Å². The van der Waals surface area contributed by atoms with Gasteiger partial charge < -0.3 is 5.73 Å². The molecule has 0 radical (unpaired) electrons. The van der Waals surface area contributed by atoms with E-state index in [0.717, 1.165) is 18.5 Å². The maximum atomic E-state index is 10.8. The average molecular weight is 168 g/mol. The maximum Gasteiger partial charge on any atom is 0.221 e. The summed E-state index contributed by atoms with van der Waals surface area (Å²) in [5.41, 5.74) is 8.06. The summed E-state index contributed by atoms with van der Waals surface area (Å²) in [5, 5.41) is 0. The first-order chi connectivity index (χ1) is 5.27. The van der Waals surface area contributed by atoms with Crippen LogP contribution in [-0.4, -0.2) is 10.9 Å². The predicted octanol–water partition coefficient (Wildman–Crippen LogP) is 0.343. The van der Waals surface area contributed by atoms with Crippen LogP contribution in [-0.2, 0) is 17.6 Å². The van der Waals surface area contributed by atoms with E-state index < -0.39 is 0 Å². The van der Waals surface area contributed by atoms with Crippen molar-refractivity contribution in [2.75, 3.05) is 0 Å². The summed E-state index contributed by atoms with van der Waals surface area (Å²) >= 11 is 1.61. The maximum absolute atomic E-state index is 10.8. The Labute approximate surface area is 68.2 Å². The van der Waals surface area contributed by atoms with E-state index in [1.165, 1.54) is 4.88 Å². The van der Waals surface area contributed by atoms with Gasteiger partial charge in [-0.1, -0.05) is 0 Å². The van der Waals surface area contributed by atoms with Gasteiger partial charge in [0.2, 0.25) is 5.91 Å². The van der Waals surface area contributed by atoms with Crippen molar-refractivity contribution >= 4 is 17.2 Å². The molecule has 0 saturated carbocycles. The Morgan fingerprint density at radius 2 is 2.55 bits per heavy atom. The van der Waals surface area contributed by atoms with Gasteiger partial charge >= 0.3 is 0 Å². The number of thiazole rings is 1. The molecule has 0 saturated heterocycles. The van der Waals surface area contributed by atoms with Crippen LogP contribution in [0.25, 0.3) is 0 Å². The molecule has 2 rings (SSSR count). The molecule has 0 bridgehead atoms. The molecule has 3 nitrogen and oxygen atoms in total. The lowest BCUT2D eigenvalue weighted by molar-refractivity contribution is -0.121. The highest BCUT2D eigenvalue weighted by Crippen LogP contribution is 2.28. The van der Waals surface area contributed by atoms with Crippen LogP contribution >= 0.6 is 11.3 Å². The molecule has 1 aliphatic rings. The van der Waals surface area contributed by atoms with Crippen molar-refractivity contribution in [3.8, 4) is 0 Å². The van der Waals surface area contributed by atoms with E-state index >= 15 is 0 Å². The van der Waals surface area contributed by atoms with Crippen molar-refractivity contribution in [3.63, 3.8) is 0 Å². The monoisotopic (exact) mass is 168 g/mol. The average Bonchev–Trinajstić information content (AvgIpc) is 2.40. The molecule has 1 aromatic heterocycles. The van der Waals surface area contributed by atoms with Gasteiger partial charge in [0, 0.05) is 17.2 Å². The minimum atomic E-state index is -0.199. The molecular weight excluding hydrogens is 160 g/mol. The Balaban J connectivity index is 2.22. The highest BCUT2D eigenvalue weighted by atomic mass is 32.1. The Morgan fingerprint density at radius 3 is 3.18 bits per heavy atom. The van der Waals surface area contributed by atoms with Gasteiger partial charge in [-0.3, -0.25) is 4.79 Å². The van der Waals surface area contributed by atoms with Gasteiger partial charge in [-0.05, 0) is 6.42 Å². The van der Waals surface area contributed by atoms with Crippen molar-refractivity contribution < 1.29 is 4.79 Å². The largest absolute Gasteiger partial charge is 0.369 e. The fourth-order valence-corrected chi connectivity index (χ4v) is 2.23. The number of carbonyl (C=O) groups excluding carboxylic acids is 1. The lowest BCUT2D eigenvalue weighted by Gasteiger charge is -2.00. The Kier molecular flexibility index (Phi) is 1.42. The first-order valence-electron chi connectivity index (χ1n) is 3.48. The molecule has 11 heavy (non-hydrogen) atoms. The van der Waals surface area contributed by atoms with Gasteiger partial charge in [0.05, 0.1) is 11.2 Å². The van der Waals surface area contributed by atoms with Crippen LogP contribution in [0.2, 0.25) is 0 Å². The summed E-state index contributed by atoms with van der Waals surface area (Å²) in [6, 6.07) is 0. The molecule has 0 aromatic carbocycles. The summed E-state index contributed by atoms with van der Waals surface area (Å²) < 4.78 is 0. The number of nitrogens with zero attached hydrogens (tertiary/aromatic N) is 1. The quantitative estimate of drug-likeness (QED) is 0.657. The second kappa shape index (κ2) is 2.30. The summed E-state index contributed by atoms with van der Waals surface area (Å²) in [7, 11) is 0. The summed E-state index contributed by atoms with van der Waals surface area (Å²) in [4.78, 5) is 16.1. The highest BCUT2D eigenvalue weighted by Gasteiger charge is 2.27. The van der Waals surface area contributed by atoms with Crippen LogP contribution < -0.4 is 5.73 Å². The molecule has 58 valence electrons. The Hall–Kier alpha value is -0.900. The smallest absolute Gasteiger partial charge is 0.221 e. The fraction of sp³-hybridized carbons (Fsp3) is 0.429. The van der Waals surface area contributed by atoms with E-state index in [0.29, 0.717) is 0 Å². The minimum Gasteiger partial charge on any atom is -0.369 e. The first kappa shape index (κ1) is 6.79. The molecule has 1 aromatic rings. The molecule has 1 atom stereocenters. The molecule has 0 spiro atoms. The fourth-order valence-electron chi connectivity index (χ4n) is 1.36. The van der Waals surface area contributed by atoms with Crippen molar-refractivity contribution in [2.45, 2.75) is 12.8 Å². The minimum absolute atomic E-state index is 0.00458. The van der Waals surface area contributed by atoms with E-state index in [9.17, 15) is 4.79 Å². The molecule has 1 unspecified atom stereocenters. The lowest BCUT2D eigenvalue weighted by atomic mass is 10.1. The Morgan fingerprint density at radius 1 is 1.73 bits per heavy atom. The molecule has 4 heteroatoms. The van der Waals surface area contributed by atoms with Gasteiger partial charge in [0.15, 0.2) is 0 Å². The number of hydrogen-bond donors (Lipinski definition) is 1. The van der Waals surface area contributed by atoms with Gasteiger partial charge in [-0.15, -0.1) is 11.3 Å². The van der Waals surface area contributed by atoms with E-state index in [1.54, 1.807) is 11.3 Å². The number of hydrogen-bond acceptors (Lipinski definition) is 3. The van der Waals surface area contributed by atoms with Gasteiger partial charge in [-0.25, -0.2) is 4.98 Å². The van der Waals surface area contributed by atoms with E-state index in [2.05, 4.69) is 4.98 Å². The molecule has 0 aliphatic heterocycles. The van der Waals surface area contributed by atoms with Crippen LogP contribution in [0.5, 0.6) is 0 Å². The Bertz CT molecular complexity index is 274. The first-order valence-corrected chi connectivity index (χ1v) is 4.36. The van der Waals surface area contributed by atoms with Crippen molar-refractivity contribution in [2.24, 2.45) is 11.7 Å². The molecule has 1 heterocycles. The topological polar surface area (TPSA) is 56.0 Å². The van der Waals surface area contributed by atoms with E-state index in [4.69, 9.17) is 5.73 Å². The SMILES string of the molecule is NC(=O)C1Cc2ncsc2C1. The predicted molar refractivity (Wildman–Crippen MR) is 42.2 cm³/mol. The van der Waals surface area contributed by atoms with Crippen molar-refractivity contribution in [1.29, 1.82) is 0 Å². The highest BCUT2D eigenvalue weighted by molar-refractivity contribution is 7.09. The zero-order chi connectivity index (χ0) is 7.84.